The van der Waals surface area contributed by atoms with Gasteiger partial charge in [-0.25, -0.2) is 0 Å². The molecule has 3 heterocycles. The number of nitrogens with one attached hydrogen (secondary N) is 1. The van der Waals surface area contributed by atoms with Gasteiger partial charge in [0.15, 0.2) is 11.5 Å². The molecule has 2 aromatic rings. The lowest BCUT2D eigenvalue weighted by molar-refractivity contribution is 0.174. The maximum atomic E-state index is 5.49. The number of aromatic nitrogens is 2. The number of likely N-dealkylation sites (tertiary alicyclic amines) is 1. The molecule has 2 aliphatic heterocycles. The van der Waals surface area contributed by atoms with Crippen LogP contribution in [0.3, 0.4) is 0 Å². The van der Waals surface area contributed by atoms with Crippen molar-refractivity contribution < 1.29 is 9.47 Å². The van der Waals surface area contributed by atoms with Crippen LogP contribution in [0.1, 0.15) is 49.7 Å². The molecule has 6 heteroatoms. The van der Waals surface area contributed by atoms with Crippen molar-refractivity contribution in [2.45, 2.75) is 59.2 Å². The molecule has 27 heavy (non-hydrogen) atoms. The number of fused-ring (bicyclic) bond motifs is 1. The summed E-state index contributed by atoms with van der Waals surface area (Å²) < 4.78 is 13.0. The summed E-state index contributed by atoms with van der Waals surface area (Å²) in [6.45, 7) is 12.2. The van der Waals surface area contributed by atoms with Crippen LogP contribution in [-0.2, 0) is 6.54 Å². The normalized spacial score (nSPS) is 19.7. The molecule has 1 saturated heterocycles. The highest BCUT2D eigenvalue weighted by Gasteiger charge is 2.23. The van der Waals surface area contributed by atoms with Crippen LogP contribution >= 0.6 is 0 Å². The molecule has 2 aliphatic rings. The van der Waals surface area contributed by atoms with Gasteiger partial charge in [0, 0.05) is 48.2 Å². The number of benzene rings is 1. The Hall–Kier alpha value is -2.21. The molecule has 0 aliphatic carbocycles. The highest BCUT2D eigenvalue weighted by molar-refractivity contribution is 5.56. The summed E-state index contributed by atoms with van der Waals surface area (Å²) in [5, 5.41) is 8.42. The van der Waals surface area contributed by atoms with Crippen molar-refractivity contribution in [3.05, 3.63) is 35.2 Å². The average Bonchev–Trinajstić information content (AvgIpc) is 3.21. The number of nitrogens with zero attached hydrogens (tertiary/aromatic N) is 3. The van der Waals surface area contributed by atoms with Crippen molar-refractivity contribution >= 4 is 5.69 Å². The number of aryl methyl sites for hydroxylation is 1. The van der Waals surface area contributed by atoms with Gasteiger partial charge < -0.3 is 14.8 Å². The number of hydrogen-bond acceptors (Lipinski definition) is 5. The van der Waals surface area contributed by atoms with E-state index in [4.69, 9.17) is 14.6 Å². The minimum atomic E-state index is 0.318. The topological polar surface area (TPSA) is 51.6 Å². The summed E-state index contributed by atoms with van der Waals surface area (Å²) >= 11 is 0. The molecular weight excluding hydrogens is 340 g/mol. The van der Waals surface area contributed by atoms with Gasteiger partial charge >= 0.3 is 0 Å². The van der Waals surface area contributed by atoms with E-state index in [1.807, 2.05) is 12.1 Å². The molecule has 1 aromatic carbocycles. The first-order valence-corrected chi connectivity index (χ1v) is 9.94. The highest BCUT2D eigenvalue weighted by Crippen LogP contribution is 2.34. The number of ether oxygens (including phenoxy) is 2. The minimum absolute atomic E-state index is 0.318. The largest absolute Gasteiger partial charge is 0.454 e. The van der Waals surface area contributed by atoms with Gasteiger partial charge in [-0.15, -0.1) is 0 Å². The van der Waals surface area contributed by atoms with E-state index in [2.05, 4.69) is 48.7 Å². The SMILES string of the molecule is Cc1nn(C(C)C)c(C)c1CN1CCC[C@@H](Nc2ccc3c(c2)OCO3)C1. The Morgan fingerprint density at radius 1 is 1.22 bits per heavy atom. The summed E-state index contributed by atoms with van der Waals surface area (Å²) in [4.78, 5) is 2.55. The molecule has 6 nitrogen and oxygen atoms in total. The Labute approximate surface area is 161 Å². The number of anilines is 1. The lowest BCUT2D eigenvalue weighted by atomic mass is 10.0. The van der Waals surface area contributed by atoms with Gasteiger partial charge in [0.25, 0.3) is 0 Å². The van der Waals surface area contributed by atoms with E-state index in [0.717, 1.165) is 42.5 Å². The zero-order valence-corrected chi connectivity index (χ0v) is 16.8. The van der Waals surface area contributed by atoms with E-state index in [1.54, 1.807) is 0 Å². The Morgan fingerprint density at radius 2 is 2.04 bits per heavy atom. The lowest BCUT2D eigenvalue weighted by Crippen LogP contribution is -2.41. The summed E-state index contributed by atoms with van der Waals surface area (Å²) in [6, 6.07) is 6.95. The molecule has 1 aromatic heterocycles. The number of hydrogen-bond donors (Lipinski definition) is 1. The van der Waals surface area contributed by atoms with Crippen molar-refractivity contribution in [3.63, 3.8) is 0 Å². The molecule has 1 fully saturated rings. The van der Waals surface area contributed by atoms with E-state index in [9.17, 15) is 0 Å². The Kier molecular flexibility index (Phi) is 5.00. The second-order valence-corrected chi connectivity index (χ2v) is 7.97. The fourth-order valence-electron chi connectivity index (χ4n) is 4.19. The van der Waals surface area contributed by atoms with Gasteiger partial charge in [-0.3, -0.25) is 9.58 Å². The first kappa shape index (κ1) is 18.2. The molecular formula is C21H30N4O2. The number of piperidine rings is 1. The minimum Gasteiger partial charge on any atom is -0.454 e. The molecule has 1 N–H and O–H groups in total. The molecule has 0 unspecified atom stereocenters. The maximum Gasteiger partial charge on any atom is 0.231 e. The van der Waals surface area contributed by atoms with Crippen molar-refractivity contribution in [2.24, 2.45) is 0 Å². The second-order valence-electron chi connectivity index (χ2n) is 7.97. The van der Waals surface area contributed by atoms with Crippen LogP contribution in [0.4, 0.5) is 5.69 Å². The Balaban J connectivity index is 1.41. The molecule has 0 amide bonds. The van der Waals surface area contributed by atoms with Gasteiger partial charge in [0.05, 0.1) is 5.69 Å². The van der Waals surface area contributed by atoms with E-state index in [1.165, 1.54) is 24.1 Å². The average molecular weight is 370 g/mol. The van der Waals surface area contributed by atoms with Crippen molar-refractivity contribution in [1.82, 2.24) is 14.7 Å². The van der Waals surface area contributed by atoms with Crippen LogP contribution in [0.15, 0.2) is 18.2 Å². The fourth-order valence-corrected chi connectivity index (χ4v) is 4.19. The van der Waals surface area contributed by atoms with Crippen LogP contribution in [0.5, 0.6) is 11.5 Å². The number of rotatable bonds is 5. The molecule has 0 spiro atoms. The van der Waals surface area contributed by atoms with Crippen LogP contribution in [-0.4, -0.2) is 40.6 Å². The van der Waals surface area contributed by atoms with E-state index in [0.29, 0.717) is 18.9 Å². The van der Waals surface area contributed by atoms with Gasteiger partial charge in [-0.1, -0.05) is 0 Å². The van der Waals surface area contributed by atoms with Crippen molar-refractivity contribution in [1.29, 1.82) is 0 Å². The first-order chi connectivity index (χ1) is 13.0. The van der Waals surface area contributed by atoms with Crippen LogP contribution in [0, 0.1) is 13.8 Å². The monoisotopic (exact) mass is 370 g/mol. The van der Waals surface area contributed by atoms with Crippen molar-refractivity contribution in [2.75, 3.05) is 25.2 Å². The Morgan fingerprint density at radius 3 is 2.81 bits per heavy atom. The van der Waals surface area contributed by atoms with Crippen LogP contribution in [0.2, 0.25) is 0 Å². The molecule has 0 radical (unpaired) electrons. The van der Waals surface area contributed by atoms with Crippen LogP contribution in [0.25, 0.3) is 0 Å². The van der Waals surface area contributed by atoms with Crippen molar-refractivity contribution in [3.8, 4) is 11.5 Å². The van der Waals surface area contributed by atoms with Crippen LogP contribution < -0.4 is 14.8 Å². The predicted octanol–water partition coefficient (Wildman–Crippen LogP) is 3.89. The standard InChI is InChI=1S/C21H30N4O2/c1-14(2)25-16(4)19(15(3)23-25)12-24-9-5-6-18(11-24)22-17-7-8-20-21(10-17)27-13-26-20/h7-8,10,14,18,22H,5-6,9,11-13H2,1-4H3/t18-/m1/s1. The summed E-state index contributed by atoms with van der Waals surface area (Å²) in [6.07, 6.45) is 2.40. The van der Waals surface area contributed by atoms with Gasteiger partial charge in [0.1, 0.15) is 0 Å². The molecule has 146 valence electrons. The zero-order valence-electron chi connectivity index (χ0n) is 16.8. The molecule has 4 rings (SSSR count). The highest BCUT2D eigenvalue weighted by atomic mass is 16.7. The van der Waals surface area contributed by atoms with Gasteiger partial charge in [0.2, 0.25) is 6.79 Å². The summed E-state index contributed by atoms with van der Waals surface area (Å²) in [5.74, 6) is 1.67. The zero-order chi connectivity index (χ0) is 19.0. The third-order valence-electron chi connectivity index (χ3n) is 5.59. The third kappa shape index (κ3) is 3.76. The van der Waals surface area contributed by atoms with E-state index < -0.39 is 0 Å². The van der Waals surface area contributed by atoms with Gasteiger partial charge in [-0.2, -0.15) is 5.10 Å². The molecule has 0 bridgehead atoms. The van der Waals surface area contributed by atoms with E-state index >= 15 is 0 Å². The summed E-state index contributed by atoms with van der Waals surface area (Å²) in [5.41, 5.74) is 4.94. The maximum absolute atomic E-state index is 5.49. The Bertz CT molecular complexity index is 815. The quantitative estimate of drug-likeness (QED) is 0.865. The molecule has 1 atom stereocenters. The second kappa shape index (κ2) is 7.43. The fraction of sp³-hybridized carbons (Fsp3) is 0.571. The predicted molar refractivity (Wildman–Crippen MR) is 107 cm³/mol. The van der Waals surface area contributed by atoms with E-state index in [-0.39, 0.29) is 0 Å². The lowest BCUT2D eigenvalue weighted by Gasteiger charge is -2.33. The summed E-state index contributed by atoms with van der Waals surface area (Å²) in [7, 11) is 0. The third-order valence-corrected chi connectivity index (χ3v) is 5.59. The van der Waals surface area contributed by atoms with Gasteiger partial charge in [-0.05, 0) is 59.2 Å². The molecule has 0 saturated carbocycles. The first-order valence-electron chi connectivity index (χ1n) is 9.94. The smallest absolute Gasteiger partial charge is 0.231 e.